The Morgan fingerprint density at radius 1 is 0.947 bits per heavy atom. The van der Waals surface area contributed by atoms with Crippen LogP contribution in [0.4, 0.5) is 0 Å². The quantitative estimate of drug-likeness (QED) is 0.386. The van der Waals surface area contributed by atoms with Gasteiger partial charge in [-0.15, -0.1) is 0 Å². The van der Waals surface area contributed by atoms with E-state index in [-0.39, 0.29) is 27.1 Å². The zero-order valence-electron chi connectivity index (χ0n) is 13.5. The first-order chi connectivity index (χ1) is 9.13. The van der Waals surface area contributed by atoms with Crippen LogP contribution in [0, 0.1) is 5.92 Å². The number of aliphatic carboxylic acids is 1. The van der Waals surface area contributed by atoms with Crippen molar-refractivity contribution in [2.45, 2.75) is 87.9 Å². The number of rotatable bonds is 11. The van der Waals surface area contributed by atoms with Gasteiger partial charge in [0, 0.05) is 0 Å². The predicted molar refractivity (Wildman–Crippen MR) is 86.1 cm³/mol. The van der Waals surface area contributed by atoms with Gasteiger partial charge in [-0.2, -0.15) is 0 Å². The summed E-state index contributed by atoms with van der Waals surface area (Å²) in [4.78, 5) is 10.4. The fraction of sp³-hybridized carbons (Fsp3) is 0.938. The minimum atomic E-state index is -0.643. The Morgan fingerprint density at radius 2 is 1.42 bits per heavy atom. The molecule has 0 rings (SSSR count). The number of unbranched alkanes of at least 4 members (excludes halogenated alkanes) is 3. The number of hydrogen-bond donors (Lipinski definition) is 1. The number of carboxylic acids is 1. The van der Waals surface area contributed by atoms with Crippen LogP contribution in [0.25, 0.3) is 0 Å². The second-order valence-corrected chi connectivity index (χ2v) is 9.32. The van der Waals surface area contributed by atoms with Gasteiger partial charge in [-0.25, -0.2) is 0 Å². The molecular weight excluding hydrogens is 343 g/mol. The van der Waals surface area contributed by atoms with E-state index in [0.717, 1.165) is 25.7 Å². The summed E-state index contributed by atoms with van der Waals surface area (Å²) in [5.41, 5.74) is 0. The molecule has 0 saturated carbocycles. The molecule has 0 fully saturated rings. The topological polar surface area (TPSA) is 37.3 Å². The number of hydrogen-bond acceptors (Lipinski definition) is 1. The maximum absolute atomic E-state index is 10.4. The summed E-state index contributed by atoms with van der Waals surface area (Å²) in [6.45, 7) is 8.58. The molecule has 0 aromatic heterocycles. The Kier molecular flexibility index (Phi) is 20.7. The number of carboxylic acid groups (broad SMARTS) is 1. The van der Waals surface area contributed by atoms with Crippen LogP contribution in [0.3, 0.4) is 0 Å². The van der Waals surface area contributed by atoms with E-state index in [9.17, 15) is 4.79 Å². The van der Waals surface area contributed by atoms with Gasteiger partial charge in [0.15, 0.2) is 0 Å². The van der Waals surface area contributed by atoms with E-state index in [0.29, 0.717) is 0 Å². The third-order valence-electron chi connectivity index (χ3n) is 3.16. The molecular formula is C16H34O2Sn. The molecule has 1 atom stereocenters. The standard InChI is InChI=1S/C8H16O2.2C4H9.Sn/c1-3-5-6-7(4-2)8(9)10;2*1-3-4-2;/h7H,3-6H2,1-2H3,(H,9,10);2*1,3-4H2,2H3;. The fourth-order valence-electron chi connectivity index (χ4n) is 1.68. The molecule has 1 unspecified atom stereocenters. The van der Waals surface area contributed by atoms with Crippen molar-refractivity contribution in [2.75, 3.05) is 0 Å². The van der Waals surface area contributed by atoms with Crippen LogP contribution in [0.2, 0.25) is 8.87 Å². The molecule has 0 saturated heterocycles. The summed E-state index contributed by atoms with van der Waals surface area (Å²) in [7, 11) is 0. The molecule has 19 heavy (non-hydrogen) atoms. The van der Waals surface area contributed by atoms with Crippen LogP contribution in [-0.2, 0) is 4.79 Å². The first-order valence-electron chi connectivity index (χ1n) is 8.07. The summed E-state index contributed by atoms with van der Waals surface area (Å²) in [6.07, 6.45) is 9.55. The summed E-state index contributed by atoms with van der Waals surface area (Å²) in [6, 6.07) is 0. The van der Waals surface area contributed by atoms with Crippen LogP contribution >= 0.6 is 0 Å². The van der Waals surface area contributed by atoms with Crippen molar-refractivity contribution in [3.05, 3.63) is 0 Å². The monoisotopic (exact) mass is 378 g/mol. The zero-order valence-corrected chi connectivity index (χ0v) is 16.4. The fourth-order valence-corrected chi connectivity index (χ4v) is 5.84. The van der Waals surface area contributed by atoms with Crippen LogP contribution in [0.1, 0.15) is 79.1 Å². The average Bonchev–Trinajstić information content (AvgIpc) is 2.40. The van der Waals surface area contributed by atoms with E-state index in [1.165, 1.54) is 25.7 Å². The van der Waals surface area contributed by atoms with Crippen molar-refractivity contribution in [3.63, 3.8) is 0 Å². The van der Waals surface area contributed by atoms with E-state index in [1.807, 2.05) is 6.92 Å². The molecule has 0 aromatic carbocycles. The first-order valence-corrected chi connectivity index (χ1v) is 12.1. The van der Waals surface area contributed by atoms with Gasteiger partial charge in [-0.05, 0) is 12.8 Å². The SMILES string of the molecule is CCCCC(CC)C(=O)O.CCC[CH2][Sn][CH2]CCC. The van der Waals surface area contributed by atoms with Crippen molar-refractivity contribution >= 4 is 27.1 Å². The third-order valence-corrected chi connectivity index (χ3v) is 7.20. The van der Waals surface area contributed by atoms with Crippen molar-refractivity contribution in [1.29, 1.82) is 0 Å². The second-order valence-electron chi connectivity index (χ2n) is 5.04. The number of carbonyl (C=O) groups is 1. The maximum atomic E-state index is 10.4. The van der Waals surface area contributed by atoms with E-state index in [2.05, 4.69) is 20.8 Å². The van der Waals surface area contributed by atoms with Crippen LogP contribution in [0.15, 0.2) is 0 Å². The van der Waals surface area contributed by atoms with E-state index in [1.54, 1.807) is 8.87 Å². The zero-order chi connectivity index (χ0) is 14.9. The molecule has 2 nitrogen and oxygen atoms in total. The third kappa shape index (κ3) is 18.3. The molecule has 1 N–H and O–H groups in total. The van der Waals surface area contributed by atoms with Gasteiger partial charge in [0.05, 0.1) is 5.92 Å². The predicted octanol–water partition coefficient (Wildman–Crippen LogP) is 5.41. The summed E-state index contributed by atoms with van der Waals surface area (Å²) in [5.74, 6) is -0.754. The first kappa shape index (κ1) is 21.6. The second kappa shape index (κ2) is 18.3. The van der Waals surface area contributed by atoms with E-state index >= 15 is 0 Å². The van der Waals surface area contributed by atoms with Gasteiger partial charge >= 0.3 is 75.5 Å². The van der Waals surface area contributed by atoms with E-state index in [4.69, 9.17) is 5.11 Å². The summed E-state index contributed by atoms with van der Waals surface area (Å²) >= 11 is 0.149. The molecule has 2 radical (unpaired) electrons. The molecule has 0 aliphatic carbocycles. The molecule has 3 heteroatoms. The Morgan fingerprint density at radius 3 is 1.74 bits per heavy atom. The van der Waals surface area contributed by atoms with Crippen LogP contribution < -0.4 is 0 Å². The average molecular weight is 377 g/mol. The summed E-state index contributed by atoms with van der Waals surface area (Å²) in [5, 5.41) is 8.60. The Labute approximate surface area is 131 Å². The molecule has 0 aliphatic rings. The molecule has 0 spiro atoms. The van der Waals surface area contributed by atoms with Crippen LogP contribution in [0.5, 0.6) is 0 Å². The molecule has 0 amide bonds. The van der Waals surface area contributed by atoms with Gasteiger partial charge in [-0.1, -0.05) is 26.7 Å². The molecule has 114 valence electrons. The normalized spacial score (nSPS) is 11.6. The Hall–Kier alpha value is 0.269. The van der Waals surface area contributed by atoms with Crippen molar-refractivity contribution < 1.29 is 9.90 Å². The molecule has 0 heterocycles. The molecule has 0 bridgehead atoms. The minimum absolute atomic E-state index is 0.111. The van der Waals surface area contributed by atoms with E-state index < -0.39 is 5.97 Å². The van der Waals surface area contributed by atoms with Gasteiger partial charge in [0.25, 0.3) is 0 Å². The van der Waals surface area contributed by atoms with Crippen LogP contribution in [-0.4, -0.2) is 32.2 Å². The van der Waals surface area contributed by atoms with Crippen molar-refractivity contribution in [3.8, 4) is 0 Å². The Balaban J connectivity index is 0. The Bertz CT molecular complexity index is 178. The van der Waals surface area contributed by atoms with Crippen molar-refractivity contribution in [1.82, 2.24) is 0 Å². The van der Waals surface area contributed by atoms with Gasteiger partial charge < -0.3 is 5.11 Å². The molecule has 0 aromatic rings. The van der Waals surface area contributed by atoms with Gasteiger partial charge in [0.2, 0.25) is 0 Å². The van der Waals surface area contributed by atoms with Crippen molar-refractivity contribution in [2.24, 2.45) is 5.92 Å². The molecule has 0 aliphatic heterocycles. The summed E-state index contributed by atoms with van der Waals surface area (Å²) < 4.78 is 3.25. The van der Waals surface area contributed by atoms with Gasteiger partial charge in [-0.3, -0.25) is 4.79 Å². The van der Waals surface area contributed by atoms with Gasteiger partial charge in [0.1, 0.15) is 0 Å².